The minimum Gasteiger partial charge on any atom is -0.425 e. The highest BCUT2D eigenvalue weighted by molar-refractivity contribution is 5.08. The maximum Gasteiger partial charge on any atom is 0.283 e. The van der Waals surface area contributed by atoms with Crippen LogP contribution in [0.25, 0.3) is 0 Å². The summed E-state index contributed by atoms with van der Waals surface area (Å²) < 4.78 is 2.49. The Bertz CT molecular complexity index is 1640. The van der Waals surface area contributed by atoms with Crippen LogP contribution >= 0.6 is 0 Å². The topological polar surface area (TPSA) is 182 Å². The molecule has 5 heterocycles. The second-order valence-corrected chi connectivity index (χ2v) is 11.8. The zero-order chi connectivity index (χ0) is 34.2. The van der Waals surface area contributed by atoms with E-state index >= 15 is 0 Å². The number of aromatic nitrogens is 4. The highest BCUT2D eigenvalue weighted by Crippen LogP contribution is 2.11. The number of hydrogen-bond acceptors (Lipinski definition) is 12. The minimum atomic E-state index is -0.549. The van der Waals surface area contributed by atoms with Crippen molar-refractivity contribution in [3.05, 3.63) is 137 Å². The Labute approximate surface area is 274 Å². The molecule has 16 nitrogen and oxygen atoms in total. The normalized spacial score (nSPS) is 16.3. The fourth-order valence-electron chi connectivity index (χ4n) is 5.70. The summed E-state index contributed by atoms with van der Waals surface area (Å²) in [7, 11) is 0. The van der Waals surface area contributed by atoms with Crippen molar-refractivity contribution in [2.45, 2.75) is 26.2 Å². The highest BCUT2D eigenvalue weighted by Gasteiger charge is 2.21. The molecule has 0 spiro atoms. The Morgan fingerprint density at radius 1 is 0.354 bits per heavy atom. The second kappa shape index (κ2) is 15.6. The number of nitrogens with zero attached hydrogens (tertiary/aromatic N) is 8. The molecule has 256 valence electrons. The average Bonchev–Trinajstić information content (AvgIpc) is 3.06. The van der Waals surface area contributed by atoms with Crippen LogP contribution in [0.4, 0.5) is 0 Å². The lowest BCUT2D eigenvalue weighted by molar-refractivity contribution is 0.0938. The molecule has 0 aromatic carbocycles. The van der Waals surface area contributed by atoms with E-state index in [4.69, 9.17) is 0 Å². The van der Waals surface area contributed by atoms with Gasteiger partial charge in [-0.2, -0.15) is 18.9 Å². The number of pyridine rings is 4. The highest BCUT2D eigenvalue weighted by atomic mass is 16.5. The molecule has 1 saturated heterocycles. The van der Waals surface area contributed by atoms with Gasteiger partial charge in [-0.1, -0.05) is 24.3 Å². The van der Waals surface area contributed by atoms with E-state index in [1.807, 2.05) is 0 Å². The Morgan fingerprint density at radius 2 is 0.542 bits per heavy atom. The molecule has 48 heavy (non-hydrogen) atoms. The van der Waals surface area contributed by atoms with Crippen LogP contribution in [0.2, 0.25) is 0 Å². The first kappa shape index (κ1) is 34.2. The zero-order valence-corrected chi connectivity index (χ0v) is 26.4. The SMILES string of the molecule is O=c1cccc(CN2CCN(Cc3cccc(=O)n3O)CCN(Cc3cccc(=O)n3O)CCN(Cc3cccc(=O)n3O)CC2)n1O. The largest absolute Gasteiger partial charge is 0.425 e. The molecule has 4 N–H and O–H groups in total. The molecule has 0 saturated carbocycles. The summed E-state index contributed by atoms with van der Waals surface area (Å²) >= 11 is 0. The maximum absolute atomic E-state index is 12.2. The quantitative estimate of drug-likeness (QED) is 0.179. The second-order valence-electron chi connectivity index (χ2n) is 11.8. The summed E-state index contributed by atoms with van der Waals surface area (Å²) in [5.74, 6) is 0. The first-order valence-corrected chi connectivity index (χ1v) is 15.6. The molecule has 1 fully saturated rings. The predicted molar refractivity (Wildman–Crippen MR) is 173 cm³/mol. The summed E-state index contributed by atoms with van der Waals surface area (Å²) in [4.78, 5) is 56.9. The van der Waals surface area contributed by atoms with Gasteiger partial charge in [0, 0.05) is 103 Å². The van der Waals surface area contributed by atoms with Crippen molar-refractivity contribution in [2.75, 3.05) is 52.4 Å². The van der Waals surface area contributed by atoms with Crippen molar-refractivity contribution in [3.8, 4) is 0 Å². The van der Waals surface area contributed by atoms with Gasteiger partial charge < -0.3 is 20.8 Å². The third-order valence-electron chi connectivity index (χ3n) is 8.51. The van der Waals surface area contributed by atoms with E-state index in [1.165, 1.54) is 24.3 Å². The van der Waals surface area contributed by atoms with Crippen LogP contribution in [0.15, 0.2) is 92.0 Å². The van der Waals surface area contributed by atoms with Crippen molar-refractivity contribution in [1.29, 1.82) is 0 Å². The van der Waals surface area contributed by atoms with Crippen LogP contribution in [0.5, 0.6) is 0 Å². The lowest BCUT2D eigenvalue weighted by atomic mass is 10.2. The molecule has 0 aliphatic carbocycles. The van der Waals surface area contributed by atoms with Crippen LogP contribution in [-0.2, 0) is 26.2 Å². The van der Waals surface area contributed by atoms with E-state index in [0.29, 0.717) is 94.1 Å². The van der Waals surface area contributed by atoms with Crippen LogP contribution < -0.4 is 22.2 Å². The molecule has 4 aromatic rings. The average molecular weight is 665 g/mol. The third-order valence-corrected chi connectivity index (χ3v) is 8.51. The first-order chi connectivity index (χ1) is 23.1. The lowest BCUT2D eigenvalue weighted by Gasteiger charge is -2.34. The summed E-state index contributed by atoms with van der Waals surface area (Å²) in [5, 5.41) is 41.7. The van der Waals surface area contributed by atoms with E-state index in [2.05, 4.69) is 19.6 Å². The molecule has 4 aromatic heterocycles. The molecular formula is C32H40N8O8. The Morgan fingerprint density at radius 3 is 0.729 bits per heavy atom. The zero-order valence-electron chi connectivity index (χ0n) is 26.4. The summed E-state index contributed by atoms with van der Waals surface area (Å²) in [5.41, 5.74) is -0.599. The monoisotopic (exact) mass is 664 g/mol. The number of rotatable bonds is 8. The fraction of sp³-hybridized carbons (Fsp3) is 0.375. The van der Waals surface area contributed by atoms with E-state index in [-0.39, 0.29) is 26.2 Å². The summed E-state index contributed by atoms with van der Waals surface area (Å²) in [6.07, 6.45) is 0. The first-order valence-electron chi connectivity index (χ1n) is 15.6. The molecule has 0 amide bonds. The predicted octanol–water partition coefficient (Wildman–Crippen LogP) is -0.395. The summed E-state index contributed by atoms with van der Waals surface area (Å²) in [6, 6.07) is 18.1. The van der Waals surface area contributed by atoms with Gasteiger partial charge in [0.15, 0.2) is 0 Å². The molecule has 5 rings (SSSR count). The van der Waals surface area contributed by atoms with Crippen LogP contribution in [0.1, 0.15) is 22.8 Å². The Balaban J connectivity index is 1.45. The Kier molecular flexibility index (Phi) is 11.1. The van der Waals surface area contributed by atoms with Gasteiger partial charge >= 0.3 is 0 Å². The van der Waals surface area contributed by atoms with Crippen LogP contribution in [-0.4, -0.2) is 112 Å². The minimum absolute atomic E-state index is 0.245. The van der Waals surface area contributed by atoms with Gasteiger partial charge in [0.25, 0.3) is 22.2 Å². The van der Waals surface area contributed by atoms with E-state index in [0.717, 1.165) is 0 Å². The molecule has 1 aliphatic heterocycles. The molecule has 0 bridgehead atoms. The summed E-state index contributed by atoms with van der Waals surface area (Å²) in [6.45, 7) is 4.79. The fourth-order valence-corrected chi connectivity index (χ4v) is 5.70. The van der Waals surface area contributed by atoms with Crippen LogP contribution in [0, 0.1) is 0 Å². The Hall–Kier alpha value is -5.16. The maximum atomic E-state index is 12.2. The van der Waals surface area contributed by atoms with Gasteiger partial charge in [0.1, 0.15) is 0 Å². The van der Waals surface area contributed by atoms with E-state index in [1.54, 1.807) is 48.5 Å². The van der Waals surface area contributed by atoms with Crippen LogP contribution in [0.3, 0.4) is 0 Å². The molecule has 0 radical (unpaired) electrons. The standard InChI is InChI=1S/C32H40N8O8/c41-29-9-1-5-25(37(29)45)21-33-13-15-34(22-26-6-2-10-30(42)38(26)46)17-19-36(24-28-8-4-12-32(44)40(28)48)20-18-35(16-14-33)23-27-7-3-11-31(43)39(27)47/h1-12,45-48H,13-24H2. The lowest BCUT2D eigenvalue weighted by Crippen LogP contribution is -2.46. The van der Waals surface area contributed by atoms with Gasteiger partial charge in [-0.15, -0.1) is 0 Å². The molecule has 1 aliphatic rings. The van der Waals surface area contributed by atoms with Crippen molar-refractivity contribution in [2.24, 2.45) is 0 Å². The molecule has 0 unspecified atom stereocenters. The third kappa shape index (κ3) is 8.60. The van der Waals surface area contributed by atoms with Crippen molar-refractivity contribution in [1.82, 2.24) is 38.5 Å². The van der Waals surface area contributed by atoms with Gasteiger partial charge in [0.05, 0.1) is 22.8 Å². The van der Waals surface area contributed by atoms with Gasteiger partial charge in [-0.05, 0) is 24.3 Å². The smallest absolute Gasteiger partial charge is 0.283 e. The number of hydrogen-bond donors (Lipinski definition) is 4. The van der Waals surface area contributed by atoms with Crippen molar-refractivity contribution >= 4 is 0 Å². The van der Waals surface area contributed by atoms with Gasteiger partial charge in [-0.3, -0.25) is 38.8 Å². The molecular weight excluding hydrogens is 624 g/mol. The molecule has 16 heteroatoms. The van der Waals surface area contributed by atoms with Gasteiger partial charge in [0.2, 0.25) is 0 Å². The van der Waals surface area contributed by atoms with E-state index in [9.17, 15) is 40.0 Å². The van der Waals surface area contributed by atoms with Crippen molar-refractivity contribution in [3.63, 3.8) is 0 Å². The van der Waals surface area contributed by atoms with Crippen molar-refractivity contribution < 1.29 is 20.8 Å². The molecule has 0 atom stereocenters. The van der Waals surface area contributed by atoms with Gasteiger partial charge in [-0.25, -0.2) is 0 Å². The van der Waals surface area contributed by atoms with E-state index < -0.39 is 22.2 Å².